The fraction of sp³-hybridized carbons (Fsp3) is 0.500. The molecule has 0 radical (unpaired) electrons. The predicted molar refractivity (Wildman–Crippen MR) is 80.1 cm³/mol. The summed E-state index contributed by atoms with van der Waals surface area (Å²) in [4.78, 5) is 0.0980. The van der Waals surface area contributed by atoms with Gasteiger partial charge in [0, 0.05) is 25.5 Å². The molecule has 2 N–H and O–H groups in total. The van der Waals surface area contributed by atoms with Crippen LogP contribution in [0.25, 0.3) is 0 Å². The highest BCUT2D eigenvalue weighted by Crippen LogP contribution is 2.17. The topological polar surface area (TPSA) is 92.3 Å². The van der Waals surface area contributed by atoms with Gasteiger partial charge in [-0.1, -0.05) is 0 Å². The van der Waals surface area contributed by atoms with Crippen LogP contribution in [0.2, 0.25) is 0 Å². The second-order valence-corrected chi connectivity index (χ2v) is 9.55. The van der Waals surface area contributed by atoms with Gasteiger partial charge >= 0.3 is 0 Å². The molecule has 0 amide bonds. The van der Waals surface area contributed by atoms with E-state index in [9.17, 15) is 16.8 Å². The molecule has 0 unspecified atom stereocenters. The van der Waals surface area contributed by atoms with E-state index in [0.717, 1.165) is 11.9 Å². The molecule has 0 bridgehead atoms. The van der Waals surface area contributed by atoms with Gasteiger partial charge in [-0.3, -0.25) is 0 Å². The van der Waals surface area contributed by atoms with Gasteiger partial charge in [-0.25, -0.2) is 21.6 Å². The maximum atomic E-state index is 12.1. The number of hydrogen-bond donors (Lipinski definition) is 2. The van der Waals surface area contributed by atoms with Crippen LogP contribution >= 0.6 is 0 Å². The van der Waals surface area contributed by atoms with Gasteiger partial charge in [-0.2, -0.15) is 0 Å². The maximum absolute atomic E-state index is 12.1. The van der Waals surface area contributed by atoms with Gasteiger partial charge in [0.15, 0.2) is 9.84 Å². The third kappa shape index (κ3) is 3.94. The van der Waals surface area contributed by atoms with Gasteiger partial charge in [0.05, 0.1) is 9.64 Å². The second kappa shape index (κ2) is 5.71. The summed E-state index contributed by atoms with van der Waals surface area (Å²) in [5.74, 6) is 0. The smallest absolute Gasteiger partial charge is 0.240 e. The van der Waals surface area contributed by atoms with Crippen LogP contribution in [0.4, 0.5) is 5.69 Å². The summed E-state index contributed by atoms with van der Waals surface area (Å²) in [5.41, 5.74) is 0.792. The molecule has 1 aromatic rings. The summed E-state index contributed by atoms with van der Waals surface area (Å²) in [6, 6.07) is 6.19. The first-order valence-electron chi connectivity index (χ1n) is 5.97. The molecule has 0 atom stereocenters. The van der Waals surface area contributed by atoms with Crippen LogP contribution in [0.15, 0.2) is 29.2 Å². The third-order valence-corrected chi connectivity index (χ3v) is 6.71. The molecular formula is C12H20N2O4S2. The van der Waals surface area contributed by atoms with Crippen LogP contribution in [-0.4, -0.2) is 41.4 Å². The minimum absolute atomic E-state index is 0.0980. The predicted octanol–water partition coefficient (Wildman–Crippen LogP) is 0.830. The van der Waals surface area contributed by atoms with E-state index in [-0.39, 0.29) is 11.4 Å². The quantitative estimate of drug-likeness (QED) is 0.810. The summed E-state index contributed by atoms with van der Waals surface area (Å²) < 4.78 is 48.4. The zero-order valence-electron chi connectivity index (χ0n) is 12.0. The van der Waals surface area contributed by atoms with Crippen LogP contribution in [0, 0.1) is 0 Å². The zero-order valence-corrected chi connectivity index (χ0v) is 13.6. The number of hydrogen-bond acceptors (Lipinski definition) is 5. The Balaban J connectivity index is 2.90. The first-order chi connectivity index (χ1) is 8.99. The molecule has 6 nitrogen and oxygen atoms in total. The van der Waals surface area contributed by atoms with E-state index in [1.807, 2.05) is 0 Å². The van der Waals surface area contributed by atoms with E-state index in [2.05, 4.69) is 10.0 Å². The number of rotatable bonds is 6. The Morgan fingerprint density at radius 1 is 1.05 bits per heavy atom. The molecule has 1 aromatic carbocycles. The molecule has 0 saturated carbocycles. The van der Waals surface area contributed by atoms with Gasteiger partial charge in [0.2, 0.25) is 10.0 Å². The average molecular weight is 320 g/mol. The molecule has 1 rings (SSSR count). The Kier molecular flexibility index (Phi) is 4.83. The lowest BCUT2D eigenvalue weighted by atomic mass is 10.2. The van der Waals surface area contributed by atoms with Crippen molar-refractivity contribution in [2.24, 2.45) is 0 Å². The van der Waals surface area contributed by atoms with E-state index < -0.39 is 24.6 Å². The number of benzene rings is 1. The van der Waals surface area contributed by atoms with Crippen molar-refractivity contribution in [3.05, 3.63) is 24.3 Å². The summed E-state index contributed by atoms with van der Waals surface area (Å²) >= 11 is 0. The standard InChI is InChI=1S/C12H20N2O4S2/c1-12(2,19(4,15)16)9-14-20(17,18)11-7-5-10(13-3)6-8-11/h5-8,13-14H,9H2,1-4H3. The second-order valence-electron chi connectivity index (χ2n) is 5.13. The lowest BCUT2D eigenvalue weighted by Crippen LogP contribution is -2.43. The van der Waals surface area contributed by atoms with Crippen LogP contribution in [0.1, 0.15) is 13.8 Å². The van der Waals surface area contributed by atoms with Gasteiger partial charge in [-0.15, -0.1) is 0 Å². The monoisotopic (exact) mass is 320 g/mol. The zero-order chi connectivity index (χ0) is 15.6. The first-order valence-corrected chi connectivity index (χ1v) is 9.34. The Morgan fingerprint density at radius 2 is 1.55 bits per heavy atom. The molecule has 0 saturated heterocycles. The van der Waals surface area contributed by atoms with Crippen LogP contribution < -0.4 is 10.0 Å². The van der Waals surface area contributed by atoms with E-state index in [0.29, 0.717) is 0 Å². The number of nitrogens with one attached hydrogen (secondary N) is 2. The van der Waals surface area contributed by atoms with Crippen LogP contribution in [-0.2, 0) is 19.9 Å². The van der Waals surface area contributed by atoms with Crippen molar-refractivity contribution in [2.75, 3.05) is 25.2 Å². The fourth-order valence-corrected chi connectivity index (χ4v) is 2.92. The third-order valence-electron chi connectivity index (χ3n) is 3.14. The molecule has 8 heteroatoms. The average Bonchev–Trinajstić information content (AvgIpc) is 2.35. The molecular weight excluding hydrogens is 300 g/mol. The lowest BCUT2D eigenvalue weighted by molar-refractivity contribution is 0.537. The molecule has 0 aromatic heterocycles. The molecule has 0 heterocycles. The van der Waals surface area contributed by atoms with Crippen molar-refractivity contribution in [2.45, 2.75) is 23.5 Å². The highest BCUT2D eigenvalue weighted by molar-refractivity contribution is 7.92. The van der Waals surface area contributed by atoms with E-state index in [1.54, 1.807) is 19.2 Å². The Morgan fingerprint density at radius 3 is 1.95 bits per heavy atom. The van der Waals surface area contributed by atoms with Gasteiger partial charge in [-0.05, 0) is 38.1 Å². The van der Waals surface area contributed by atoms with Gasteiger partial charge < -0.3 is 5.32 Å². The van der Waals surface area contributed by atoms with Crippen molar-refractivity contribution in [3.8, 4) is 0 Å². The summed E-state index contributed by atoms with van der Waals surface area (Å²) in [6.07, 6.45) is 1.09. The van der Waals surface area contributed by atoms with Crippen molar-refractivity contribution < 1.29 is 16.8 Å². The maximum Gasteiger partial charge on any atom is 0.240 e. The van der Waals surface area contributed by atoms with Crippen molar-refractivity contribution >= 4 is 25.5 Å². The van der Waals surface area contributed by atoms with E-state index in [1.165, 1.54) is 26.0 Å². The van der Waals surface area contributed by atoms with Crippen molar-refractivity contribution in [3.63, 3.8) is 0 Å². The normalized spacial score (nSPS) is 13.2. The Labute approximate surface area is 120 Å². The van der Waals surface area contributed by atoms with Gasteiger partial charge in [0.25, 0.3) is 0 Å². The molecule has 0 aliphatic carbocycles. The Bertz CT molecular complexity index is 662. The fourth-order valence-electron chi connectivity index (χ4n) is 1.28. The van der Waals surface area contributed by atoms with E-state index in [4.69, 9.17) is 0 Å². The number of sulfone groups is 1. The van der Waals surface area contributed by atoms with Gasteiger partial charge in [0.1, 0.15) is 0 Å². The summed E-state index contributed by atoms with van der Waals surface area (Å²) in [5, 5.41) is 2.89. The van der Waals surface area contributed by atoms with Crippen LogP contribution in [0.3, 0.4) is 0 Å². The minimum atomic E-state index is -3.72. The largest absolute Gasteiger partial charge is 0.388 e. The number of sulfonamides is 1. The molecule has 0 fully saturated rings. The lowest BCUT2D eigenvalue weighted by Gasteiger charge is -2.22. The van der Waals surface area contributed by atoms with E-state index >= 15 is 0 Å². The SMILES string of the molecule is CNc1ccc(S(=O)(=O)NCC(C)(C)S(C)(=O)=O)cc1. The van der Waals surface area contributed by atoms with Crippen molar-refractivity contribution in [1.29, 1.82) is 0 Å². The molecule has 20 heavy (non-hydrogen) atoms. The first kappa shape index (κ1) is 16.9. The molecule has 0 aliphatic heterocycles. The minimum Gasteiger partial charge on any atom is -0.388 e. The highest BCUT2D eigenvalue weighted by atomic mass is 32.2. The molecule has 114 valence electrons. The summed E-state index contributed by atoms with van der Waals surface area (Å²) in [7, 11) is -5.34. The molecule has 0 aliphatic rings. The number of anilines is 1. The highest BCUT2D eigenvalue weighted by Gasteiger charge is 2.31. The Hall–Kier alpha value is -1.12. The van der Waals surface area contributed by atoms with Crippen molar-refractivity contribution in [1.82, 2.24) is 4.72 Å². The molecule has 0 spiro atoms. The van der Waals surface area contributed by atoms with Crippen LogP contribution in [0.5, 0.6) is 0 Å². The summed E-state index contributed by atoms with van der Waals surface area (Å²) in [6.45, 7) is 2.78.